The number of carbonyl (C=O) groups is 1. The van der Waals surface area contributed by atoms with Crippen LogP contribution in [0.15, 0.2) is 36.8 Å². The molecule has 5 rings (SSSR count). The van der Waals surface area contributed by atoms with Crippen molar-refractivity contribution in [3.8, 4) is 5.69 Å². The number of hydrogen-bond donors (Lipinski definition) is 2. The van der Waals surface area contributed by atoms with E-state index in [1.165, 1.54) is 0 Å². The van der Waals surface area contributed by atoms with Crippen molar-refractivity contribution in [1.82, 2.24) is 34.7 Å². The molecule has 0 spiro atoms. The van der Waals surface area contributed by atoms with Crippen molar-refractivity contribution in [2.45, 2.75) is 32.7 Å². The molecule has 0 aliphatic carbocycles. The first-order valence-corrected chi connectivity index (χ1v) is 9.30. The van der Waals surface area contributed by atoms with Crippen LogP contribution in [-0.4, -0.2) is 40.6 Å². The Morgan fingerprint density at radius 2 is 2.10 bits per heavy atom. The summed E-state index contributed by atoms with van der Waals surface area (Å²) in [7, 11) is 0. The van der Waals surface area contributed by atoms with Crippen molar-refractivity contribution in [3.05, 3.63) is 42.4 Å². The van der Waals surface area contributed by atoms with E-state index in [1.807, 2.05) is 49.8 Å². The molecule has 0 bridgehead atoms. The third-order valence-electron chi connectivity index (χ3n) is 5.14. The fourth-order valence-electron chi connectivity index (χ4n) is 3.41. The van der Waals surface area contributed by atoms with E-state index >= 15 is 0 Å². The molecular weight excluding hydrogens is 370 g/mol. The molecule has 146 valence electrons. The monoisotopic (exact) mass is 389 g/mol. The van der Waals surface area contributed by atoms with Crippen LogP contribution in [0.1, 0.15) is 26.3 Å². The predicted molar refractivity (Wildman–Crippen MR) is 107 cm³/mol. The predicted octanol–water partition coefficient (Wildman–Crippen LogP) is 2.40. The lowest BCUT2D eigenvalue weighted by Gasteiger charge is -2.14. The van der Waals surface area contributed by atoms with Crippen molar-refractivity contribution < 1.29 is 4.79 Å². The number of benzene rings is 1. The third kappa shape index (κ3) is 2.72. The van der Waals surface area contributed by atoms with E-state index in [0.29, 0.717) is 17.1 Å². The average Bonchev–Trinajstić information content (AvgIpc) is 3.39. The molecule has 1 amide bonds. The summed E-state index contributed by atoms with van der Waals surface area (Å²) >= 11 is 0. The second-order valence-electron chi connectivity index (χ2n) is 7.42. The van der Waals surface area contributed by atoms with Gasteiger partial charge in [-0.05, 0) is 38.5 Å². The number of nitrogens with one attached hydrogen (secondary N) is 2. The zero-order valence-electron chi connectivity index (χ0n) is 16.2. The highest BCUT2D eigenvalue weighted by Crippen LogP contribution is 2.38. The number of amides is 1. The van der Waals surface area contributed by atoms with Crippen LogP contribution in [0.25, 0.3) is 16.9 Å². The summed E-state index contributed by atoms with van der Waals surface area (Å²) in [5, 5.41) is 18.7. The molecule has 0 saturated carbocycles. The van der Waals surface area contributed by atoms with E-state index in [0.717, 1.165) is 29.2 Å². The molecule has 2 N–H and O–H groups in total. The van der Waals surface area contributed by atoms with Crippen LogP contribution in [0.5, 0.6) is 0 Å². The van der Waals surface area contributed by atoms with Crippen LogP contribution in [0.4, 0.5) is 17.3 Å². The number of hydrogen-bond acceptors (Lipinski definition) is 7. The Morgan fingerprint density at radius 3 is 2.90 bits per heavy atom. The largest absolute Gasteiger partial charge is 0.325 e. The first-order chi connectivity index (χ1) is 14.0. The van der Waals surface area contributed by atoms with Gasteiger partial charge in [0.05, 0.1) is 29.2 Å². The van der Waals surface area contributed by atoms with Crippen LogP contribution >= 0.6 is 0 Å². The Balaban J connectivity index is 1.53. The lowest BCUT2D eigenvalue weighted by atomic mass is 9.86. The number of fused-ring (bicyclic) bond motifs is 2. The fourth-order valence-corrected chi connectivity index (χ4v) is 3.41. The number of nitrogens with zero attached hydrogens (tertiary/aromatic N) is 7. The van der Waals surface area contributed by atoms with E-state index in [1.54, 1.807) is 17.1 Å². The van der Waals surface area contributed by atoms with E-state index in [4.69, 9.17) is 0 Å². The van der Waals surface area contributed by atoms with Gasteiger partial charge in [-0.15, -0.1) is 5.10 Å². The smallest absolute Gasteiger partial charge is 0.234 e. The number of aryl methyl sites for hydroxylation is 1. The van der Waals surface area contributed by atoms with Gasteiger partial charge in [0.2, 0.25) is 11.9 Å². The van der Waals surface area contributed by atoms with Crippen LogP contribution < -0.4 is 10.6 Å². The lowest BCUT2D eigenvalue weighted by molar-refractivity contribution is -0.119. The first kappa shape index (κ1) is 17.3. The minimum absolute atomic E-state index is 0.0189. The molecule has 29 heavy (non-hydrogen) atoms. The molecule has 0 atom stereocenters. The Hall–Kier alpha value is -3.82. The van der Waals surface area contributed by atoms with Gasteiger partial charge in [-0.1, -0.05) is 11.3 Å². The molecule has 4 heterocycles. The second-order valence-corrected chi connectivity index (χ2v) is 7.42. The number of carbonyl (C=O) groups excluding carboxylic acids is 1. The van der Waals surface area contributed by atoms with Gasteiger partial charge in [0, 0.05) is 18.4 Å². The van der Waals surface area contributed by atoms with E-state index in [9.17, 15) is 4.79 Å². The fraction of sp³-hybridized carbons (Fsp3) is 0.263. The maximum atomic E-state index is 12.2. The summed E-state index contributed by atoms with van der Waals surface area (Å²) in [5.74, 6) is 0.404. The summed E-state index contributed by atoms with van der Waals surface area (Å²) in [5.41, 5.74) is 3.88. The van der Waals surface area contributed by atoms with E-state index in [2.05, 4.69) is 36.0 Å². The summed E-state index contributed by atoms with van der Waals surface area (Å²) in [6.45, 7) is 6.61. The molecule has 0 saturated heterocycles. The first-order valence-electron chi connectivity index (χ1n) is 9.30. The molecule has 10 nitrogen and oxygen atoms in total. The SMILES string of the molecule is CCn1cc(Nc2ncc3nnn(-c4ccc5c(c4)NC(=O)C5(C)C)c3n2)cn1. The average molecular weight is 389 g/mol. The summed E-state index contributed by atoms with van der Waals surface area (Å²) in [6, 6.07) is 5.74. The van der Waals surface area contributed by atoms with Gasteiger partial charge in [-0.2, -0.15) is 14.8 Å². The normalized spacial score (nSPS) is 14.8. The number of aromatic nitrogens is 7. The number of anilines is 3. The molecule has 4 aromatic rings. The number of rotatable bonds is 4. The van der Waals surface area contributed by atoms with Crippen molar-refractivity contribution in [2.24, 2.45) is 0 Å². The van der Waals surface area contributed by atoms with Gasteiger partial charge in [0.25, 0.3) is 0 Å². The van der Waals surface area contributed by atoms with Gasteiger partial charge in [0.1, 0.15) is 0 Å². The van der Waals surface area contributed by atoms with Gasteiger partial charge in [-0.25, -0.2) is 4.98 Å². The molecule has 0 fully saturated rings. The molecule has 10 heteroatoms. The van der Waals surface area contributed by atoms with E-state index < -0.39 is 5.41 Å². The van der Waals surface area contributed by atoms with Gasteiger partial charge < -0.3 is 10.6 Å². The minimum atomic E-state index is -0.555. The van der Waals surface area contributed by atoms with Crippen molar-refractivity contribution in [3.63, 3.8) is 0 Å². The maximum Gasteiger partial charge on any atom is 0.234 e. The van der Waals surface area contributed by atoms with Crippen LogP contribution in [0, 0.1) is 0 Å². The Kier molecular flexibility index (Phi) is 3.63. The van der Waals surface area contributed by atoms with Crippen molar-refractivity contribution >= 4 is 34.4 Å². The zero-order valence-corrected chi connectivity index (χ0v) is 16.2. The third-order valence-corrected chi connectivity index (χ3v) is 5.14. The Morgan fingerprint density at radius 1 is 1.24 bits per heavy atom. The molecule has 1 aliphatic heterocycles. The Labute approximate surface area is 166 Å². The van der Waals surface area contributed by atoms with Crippen LogP contribution in [-0.2, 0) is 16.8 Å². The second kappa shape index (κ2) is 6.09. The summed E-state index contributed by atoms with van der Waals surface area (Å²) < 4.78 is 3.45. The van der Waals surface area contributed by atoms with Crippen molar-refractivity contribution in [1.29, 1.82) is 0 Å². The highest BCUT2D eigenvalue weighted by atomic mass is 16.2. The summed E-state index contributed by atoms with van der Waals surface area (Å²) in [4.78, 5) is 21.1. The summed E-state index contributed by atoms with van der Waals surface area (Å²) in [6.07, 6.45) is 5.22. The van der Waals surface area contributed by atoms with Crippen LogP contribution in [0.2, 0.25) is 0 Å². The quantitative estimate of drug-likeness (QED) is 0.550. The van der Waals surface area contributed by atoms with Crippen LogP contribution in [0.3, 0.4) is 0 Å². The zero-order chi connectivity index (χ0) is 20.2. The highest BCUT2D eigenvalue weighted by Gasteiger charge is 2.38. The highest BCUT2D eigenvalue weighted by molar-refractivity contribution is 6.05. The van der Waals surface area contributed by atoms with E-state index in [-0.39, 0.29) is 5.91 Å². The molecular formula is C19H19N9O. The topological polar surface area (TPSA) is 115 Å². The molecule has 1 aromatic carbocycles. The standard InChI is InChI=1S/C19H19N9O/c1-4-27-10-11(8-21-27)22-18-20-9-15-16(24-18)28(26-25-15)12-5-6-13-14(7-12)23-17(29)19(13,2)3/h5-10H,4H2,1-3H3,(H,23,29)(H,20,22,24). The van der Waals surface area contributed by atoms with Crippen molar-refractivity contribution in [2.75, 3.05) is 10.6 Å². The Bertz CT molecular complexity index is 1250. The molecule has 3 aromatic heterocycles. The van der Waals surface area contributed by atoms with Gasteiger partial charge in [-0.3, -0.25) is 9.48 Å². The molecule has 0 radical (unpaired) electrons. The lowest BCUT2D eigenvalue weighted by Crippen LogP contribution is -2.26. The molecule has 1 aliphatic rings. The van der Waals surface area contributed by atoms with Gasteiger partial charge in [0.15, 0.2) is 11.2 Å². The minimum Gasteiger partial charge on any atom is -0.325 e. The maximum absolute atomic E-state index is 12.2. The molecule has 0 unspecified atom stereocenters. The van der Waals surface area contributed by atoms with Gasteiger partial charge >= 0.3 is 0 Å².